The molecule has 1 saturated heterocycles. The topological polar surface area (TPSA) is 47.3 Å². The number of rotatable bonds is 5. The number of ether oxygens (including phenoxy) is 1. The highest BCUT2D eigenvalue weighted by Gasteiger charge is 2.34. The zero-order chi connectivity index (χ0) is 14.5. The van der Waals surface area contributed by atoms with Gasteiger partial charge in [0.05, 0.1) is 13.2 Å². The first-order chi connectivity index (χ1) is 9.71. The lowest BCUT2D eigenvalue weighted by Gasteiger charge is -2.36. The van der Waals surface area contributed by atoms with Gasteiger partial charge in [0.2, 0.25) is 0 Å². The average molecular weight is 333 g/mol. The van der Waals surface area contributed by atoms with Gasteiger partial charge in [0.25, 0.3) is 0 Å². The number of nitrogens with two attached hydrogens (primary N) is 1. The molecule has 2 rings (SSSR count). The van der Waals surface area contributed by atoms with Gasteiger partial charge >= 0.3 is 0 Å². The standard InChI is InChI=1S/C14H21ClN2OS2/c1-3-12-14(20-7-6-19-12)13(17-16)10-8-9(15)4-5-11(10)18-2/h4-5,8,12-14,17H,3,6-7,16H2,1-2H3. The molecule has 112 valence electrons. The molecule has 0 saturated carbocycles. The highest BCUT2D eigenvalue weighted by atomic mass is 35.5. The molecule has 3 unspecified atom stereocenters. The molecule has 1 aromatic carbocycles. The Hall–Kier alpha value is -0.0700. The number of benzene rings is 1. The molecule has 0 aliphatic carbocycles. The number of hydrogen-bond acceptors (Lipinski definition) is 5. The minimum absolute atomic E-state index is 0.0476. The van der Waals surface area contributed by atoms with E-state index >= 15 is 0 Å². The summed E-state index contributed by atoms with van der Waals surface area (Å²) in [5, 5.41) is 1.73. The van der Waals surface area contributed by atoms with E-state index in [0.29, 0.717) is 15.5 Å². The zero-order valence-corrected chi connectivity index (χ0v) is 14.2. The Morgan fingerprint density at radius 1 is 1.45 bits per heavy atom. The second-order valence-corrected chi connectivity index (χ2v) is 7.75. The molecule has 1 heterocycles. The van der Waals surface area contributed by atoms with Gasteiger partial charge in [0.1, 0.15) is 5.75 Å². The molecular formula is C14H21ClN2OS2. The van der Waals surface area contributed by atoms with Crippen molar-refractivity contribution in [3.05, 3.63) is 28.8 Å². The van der Waals surface area contributed by atoms with Crippen molar-refractivity contribution in [3.8, 4) is 5.75 Å². The predicted octanol–water partition coefficient (Wildman–Crippen LogP) is 3.48. The molecule has 0 spiro atoms. The van der Waals surface area contributed by atoms with Crippen LogP contribution in [0.2, 0.25) is 5.02 Å². The summed E-state index contributed by atoms with van der Waals surface area (Å²) in [5.74, 6) is 9.06. The van der Waals surface area contributed by atoms with Crippen molar-refractivity contribution in [2.75, 3.05) is 18.6 Å². The van der Waals surface area contributed by atoms with Crippen LogP contribution in [-0.2, 0) is 0 Å². The van der Waals surface area contributed by atoms with Crippen LogP contribution in [0.5, 0.6) is 5.75 Å². The van der Waals surface area contributed by atoms with Gasteiger partial charge in [0, 0.05) is 32.6 Å². The van der Waals surface area contributed by atoms with E-state index in [1.165, 1.54) is 5.75 Å². The Morgan fingerprint density at radius 3 is 2.85 bits per heavy atom. The van der Waals surface area contributed by atoms with Gasteiger partial charge in [-0.3, -0.25) is 11.3 Å². The molecule has 0 radical (unpaired) electrons. The summed E-state index contributed by atoms with van der Waals surface area (Å²) in [7, 11) is 1.68. The fourth-order valence-electron chi connectivity index (χ4n) is 2.56. The fraction of sp³-hybridized carbons (Fsp3) is 0.571. The quantitative estimate of drug-likeness (QED) is 0.638. The van der Waals surface area contributed by atoms with Crippen LogP contribution in [0.15, 0.2) is 18.2 Å². The van der Waals surface area contributed by atoms with Gasteiger partial charge in [-0.25, -0.2) is 0 Å². The molecule has 0 amide bonds. The van der Waals surface area contributed by atoms with Gasteiger partial charge in [0.15, 0.2) is 0 Å². The lowest BCUT2D eigenvalue weighted by molar-refractivity contribution is 0.396. The van der Waals surface area contributed by atoms with Crippen molar-refractivity contribution in [3.63, 3.8) is 0 Å². The normalized spacial score (nSPS) is 24.4. The molecule has 3 atom stereocenters. The lowest BCUT2D eigenvalue weighted by atomic mass is 9.99. The second-order valence-electron chi connectivity index (χ2n) is 4.68. The number of methoxy groups -OCH3 is 1. The third-order valence-electron chi connectivity index (χ3n) is 3.53. The summed E-state index contributed by atoms with van der Waals surface area (Å²) >= 11 is 10.2. The van der Waals surface area contributed by atoms with Gasteiger partial charge in [-0.05, 0) is 24.6 Å². The summed E-state index contributed by atoms with van der Waals surface area (Å²) in [6.07, 6.45) is 1.14. The van der Waals surface area contributed by atoms with E-state index in [2.05, 4.69) is 12.3 Å². The molecule has 0 bridgehead atoms. The van der Waals surface area contributed by atoms with Crippen LogP contribution < -0.4 is 16.0 Å². The van der Waals surface area contributed by atoms with Crippen molar-refractivity contribution in [2.24, 2.45) is 5.84 Å². The summed E-state index contributed by atoms with van der Waals surface area (Å²) < 4.78 is 5.47. The molecule has 1 fully saturated rings. The SMILES string of the molecule is CCC1SCCSC1C(NN)c1cc(Cl)ccc1OC. The van der Waals surface area contributed by atoms with Gasteiger partial charge < -0.3 is 4.74 Å². The highest BCUT2D eigenvalue weighted by Crippen LogP contribution is 2.42. The van der Waals surface area contributed by atoms with Crippen LogP contribution in [0.3, 0.4) is 0 Å². The molecule has 3 N–H and O–H groups in total. The summed E-state index contributed by atoms with van der Waals surface area (Å²) in [6.45, 7) is 2.24. The van der Waals surface area contributed by atoms with Crippen molar-refractivity contribution in [2.45, 2.75) is 29.9 Å². The Balaban J connectivity index is 2.33. The number of hydrogen-bond donors (Lipinski definition) is 2. The fourth-order valence-corrected chi connectivity index (χ4v) is 5.96. The zero-order valence-electron chi connectivity index (χ0n) is 11.8. The Bertz CT molecular complexity index is 447. The van der Waals surface area contributed by atoms with Crippen LogP contribution in [0.1, 0.15) is 24.9 Å². The first-order valence-corrected chi connectivity index (χ1v) is 9.21. The first-order valence-electron chi connectivity index (χ1n) is 6.74. The van der Waals surface area contributed by atoms with Gasteiger partial charge in [-0.1, -0.05) is 18.5 Å². The average Bonchev–Trinajstić information content (AvgIpc) is 2.49. The smallest absolute Gasteiger partial charge is 0.123 e. The summed E-state index contributed by atoms with van der Waals surface area (Å²) in [4.78, 5) is 0. The molecule has 6 heteroatoms. The second kappa shape index (κ2) is 7.80. The van der Waals surface area contributed by atoms with Crippen molar-refractivity contribution in [1.82, 2.24) is 5.43 Å². The molecule has 1 aliphatic rings. The third-order valence-corrected chi connectivity index (χ3v) is 7.12. The van der Waals surface area contributed by atoms with Crippen LogP contribution in [-0.4, -0.2) is 29.1 Å². The van der Waals surface area contributed by atoms with E-state index in [0.717, 1.165) is 23.5 Å². The maximum Gasteiger partial charge on any atom is 0.123 e. The van der Waals surface area contributed by atoms with E-state index < -0.39 is 0 Å². The minimum Gasteiger partial charge on any atom is -0.496 e. The van der Waals surface area contributed by atoms with Crippen LogP contribution in [0, 0.1) is 0 Å². The van der Waals surface area contributed by atoms with Crippen LogP contribution in [0.25, 0.3) is 0 Å². The Labute approximate surface area is 134 Å². The number of thioether (sulfide) groups is 2. The maximum absolute atomic E-state index is 6.15. The minimum atomic E-state index is 0.0476. The Morgan fingerprint density at radius 2 is 2.20 bits per heavy atom. The third kappa shape index (κ3) is 3.57. The molecule has 0 aromatic heterocycles. The lowest BCUT2D eigenvalue weighted by Crippen LogP contribution is -2.41. The number of hydrazine groups is 1. The van der Waals surface area contributed by atoms with Gasteiger partial charge in [-0.2, -0.15) is 23.5 Å². The molecule has 20 heavy (non-hydrogen) atoms. The summed E-state index contributed by atoms with van der Waals surface area (Å²) in [6, 6.07) is 5.75. The highest BCUT2D eigenvalue weighted by molar-refractivity contribution is 8.07. The molecule has 1 aliphatic heterocycles. The maximum atomic E-state index is 6.15. The van der Waals surface area contributed by atoms with E-state index in [1.807, 2.05) is 41.7 Å². The van der Waals surface area contributed by atoms with Crippen molar-refractivity contribution in [1.29, 1.82) is 0 Å². The monoisotopic (exact) mass is 332 g/mol. The molecule has 3 nitrogen and oxygen atoms in total. The van der Waals surface area contributed by atoms with Crippen LogP contribution in [0.4, 0.5) is 0 Å². The predicted molar refractivity (Wildman–Crippen MR) is 90.9 cm³/mol. The largest absolute Gasteiger partial charge is 0.496 e. The van der Waals surface area contributed by atoms with Crippen molar-refractivity contribution >= 4 is 35.1 Å². The van der Waals surface area contributed by atoms with Gasteiger partial charge in [-0.15, -0.1) is 0 Å². The molecule has 1 aromatic rings. The number of nitrogens with one attached hydrogen (secondary N) is 1. The van der Waals surface area contributed by atoms with E-state index in [4.69, 9.17) is 22.2 Å². The summed E-state index contributed by atoms with van der Waals surface area (Å²) in [5.41, 5.74) is 4.02. The Kier molecular flexibility index (Phi) is 6.36. The number of halogens is 1. The van der Waals surface area contributed by atoms with Crippen molar-refractivity contribution < 1.29 is 4.74 Å². The van der Waals surface area contributed by atoms with E-state index in [-0.39, 0.29) is 6.04 Å². The first kappa shape index (κ1) is 16.3. The molecular weight excluding hydrogens is 312 g/mol. The van der Waals surface area contributed by atoms with Crippen LogP contribution >= 0.6 is 35.1 Å². The van der Waals surface area contributed by atoms with E-state index in [9.17, 15) is 0 Å². The van der Waals surface area contributed by atoms with E-state index in [1.54, 1.807) is 7.11 Å².